The Bertz CT molecular complexity index is 1230. The molecule has 0 amide bonds. The number of aromatic hydroxyl groups is 1. The predicted octanol–water partition coefficient (Wildman–Crippen LogP) is 2.84. The molecule has 1 heterocycles. The highest BCUT2D eigenvalue weighted by molar-refractivity contribution is 7.85. The fourth-order valence-corrected chi connectivity index (χ4v) is 3.27. The third-order valence-corrected chi connectivity index (χ3v) is 5.18. The molecule has 0 unspecified atom stereocenters. The van der Waals surface area contributed by atoms with E-state index in [-0.39, 0.29) is 35.5 Å². The van der Waals surface area contributed by atoms with Crippen LogP contribution in [0.5, 0.6) is 5.88 Å². The molecule has 0 spiro atoms. The number of carboxylic acid groups (broad SMARTS) is 1. The zero-order valence-corrected chi connectivity index (χ0v) is 17.1. The van der Waals surface area contributed by atoms with Crippen molar-refractivity contribution in [3.8, 4) is 5.88 Å². The number of ketones is 1. The second-order valence-electron chi connectivity index (χ2n) is 6.16. The number of Topliss-reactive ketones (excluding diaryl/α,β-unsaturated/α-hetero) is 1. The molecule has 1 aromatic carbocycles. The highest BCUT2D eigenvalue weighted by Gasteiger charge is 2.23. The topological polar surface area (TPSA) is 176 Å². The summed E-state index contributed by atoms with van der Waals surface area (Å²) in [4.78, 5) is 35.7. The number of hydrogen-bond acceptors (Lipinski definition) is 8. The molecular weight excluding hydrogens is 418 g/mol. The Hall–Kier alpha value is -3.38. The molecule has 2 rings (SSSR count). The van der Waals surface area contributed by atoms with Crippen molar-refractivity contribution >= 4 is 33.2 Å². The monoisotopic (exact) mass is 437 g/mol. The number of pyridine rings is 1. The third kappa shape index (κ3) is 4.28. The fraction of sp³-hybridized carbons (Fsp3) is 0.278. The van der Waals surface area contributed by atoms with Gasteiger partial charge in [0.05, 0.1) is 16.0 Å². The number of nitrogens with zero attached hydrogens (tertiary/aromatic N) is 3. The van der Waals surface area contributed by atoms with Gasteiger partial charge in [0, 0.05) is 13.0 Å². The van der Waals surface area contributed by atoms with Crippen molar-refractivity contribution in [2.45, 2.75) is 38.6 Å². The molecule has 0 aliphatic rings. The van der Waals surface area contributed by atoms with Gasteiger partial charge in [-0.05, 0) is 37.6 Å². The van der Waals surface area contributed by atoms with E-state index < -0.39 is 43.8 Å². The van der Waals surface area contributed by atoms with Crippen LogP contribution in [0.15, 0.2) is 38.1 Å². The van der Waals surface area contributed by atoms with Gasteiger partial charge in [0.2, 0.25) is 5.88 Å². The van der Waals surface area contributed by atoms with Crippen molar-refractivity contribution in [3.63, 3.8) is 0 Å². The van der Waals surface area contributed by atoms with Crippen LogP contribution in [-0.2, 0) is 16.7 Å². The van der Waals surface area contributed by atoms with E-state index in [1.54, 1.807) is 13.8 Å². The molecule has 160 valence electrons. The number of rotatable bonds is 7. The van der Waals surface area contributed by atoms with Crippen molar-refractivity contribution in [1.82, 2.24) is 4.57 Å². The normalized spacial score (nSPS) is 11.7. The first-order valence-corrected chi connectivity index (χ1v) is 10.1. The minimum atomic E-state index is -4.64. The molecule has 0 aliphatic carbocycles. The molecule has 12 heteroatoms. The van der Waals surface area contributed by atoms with Crippen LogP contribution in [0.4, 0.5) is 11.4 Å². The van der Waals surface area contributed by atoms with Crippen LogP contribution < -0.4 is 5.56 Å². The molecule has 0 bridgehead atoms. The van der Waals surface area contributed by atoms with Crippen molar-refractivity contribution in [2.24, 2.45) is 10.2 Å². The SMILES string of the molecule is CCC(=O)c1c(C)c(N=Nc2ccc(S(=O)(=O)O)cc2C(=O)O)c(=O)n(CC)c1O. The van der Waals surface area contributed by atoms with E-state index in [2.05, 4.69) is 10.2 Å². The summed E-state index contributed by atoms with van der Waals surface area (Å²) < 4.78 is 32.5. The van der Waals surface area contributed by atoms with Crippen LogP contribution in [0.2, 0.25) is 0 Å². The lowest BCUT2D eigenvalue weighted by molar-refractivity contribution is 0.0697. The molecule has 0 atom stereocenters. The van der Waals surface area contributed by atoms with Gasteiger partial charge in [0.15, 0.2) is 11.5 Å². The Morgan fingerprint density at radius 3 is 2.30 bits per heavy atom. The molecule has 0 radical (unpaired) electrons. The van der Waals surface area contributed by atoms with Gasteiger partial charge in [-0.1, -0.05) is 6.92 Å². The molecule has 0 fully saturated rings. The summed E-state index contributed by atoms with van der Waals surface area (Å²) in [5.74, 6) is -2.45. The number of carbonyl (C=O) groups excluding carboxylic acids is 1. The second kappa shape index (κ2) is 8.55. The second-order valence-corrected chi connectivity index (χ2v) is 7.58. The number of benzene rings is 1. The van der Waals surface area contributed by atoms with Crippen molar-refractivity contribution in [3.05, 3.63) is 45.2 Å². The Kier molecular flexibility index (Phi) is 6.53. The summed E-state index contributed by atoms with van der Waals surface area (Å²) in [5.41, 5.74) is -1.89. The van der Waals surface area contributed by atoms with Gasteiger partial charge in [0.1, 0.15) is 5.69 Å². The molecular formula is C18H19N3O8S. The van der Waals surface area contributed by atoms with Crippen LogP contribution in [0.1, 0.15) is 46.5 Å². The Balaban J connectivity index is 2.73. The number of aromatic nitrogens is 1. The van der Waals surface area contributed by atoms with Gasteiger partial charge in [0.25, 0.3) is 15.7 Å². The van der Waals surface area contributed by atoms with Gasteiger partial charge in [-0.3, -0.25) is 18.7 Å². The lowest BCUT2D eigenvalue weighted by Gasteiger charge is -2.14. The zero-order chi connectivity index (χ0) is 22.8. The van der Waals surface area contributed by atoms with E-state index in [0.717, 1.165) is 16.7 Å². The minimum Gasteiger partial charge on any atom is -0.494 e. The third-order valence-electron chi connectivity index (χ3n) is 4.33. The van der Waals surface area contributed by atoms with Crippen LogP contribution in [0.25, 0.3) is 0 Å². The molecule has 11 nitrogen and oxygen atoms in total. The summed E-state index contributed by atoms with van der Waals surface area (Å²) in [6.45, 7) is 4.60. The van der Waals surface area contributed by atoms with E-state index >= 15 is 0 Å². The number of hydrogen-bond donors (Lipinski definition) is 3. The first kappa shape index (κ1) is 22.9. The standard InChI is InChI=1S/C18H19N3O8S/c1-4-13(22)14-9(3)15(17(24)21(5-2)16(14)23)20-19-12-7-6-10(30(27,28)29)8-11(12)18(25)26/h6-8,23H,4-5H2,1-3H3,(H,25,26)(H,27,28,29). The molecule has 1 aromatic heterocycles. The summed E-state index contributed by atoms with van der Waals surface area (Å²) in [6.07, 6.45) is 0.0627. The van der Waals surface area contributed by atoms with Crippen molar-refractivity contribution in [2.75, 3.05) is 0 Å². The van der Waals surface area contributed by atoms with E-state index in [4.69, 9.17) is 4.55 Å². The maximum absolute atomic E-state index is 12.6. The fourth-order valence-electron chi connectivity index (χ4n) is 2.77. The highest BCUT2D eigenvalue weighted by Crippen LogP contribution is 2.30. The minimum absolute atomic E-state index is 0.0426. The summed E-state index contributed by atoms with van der Waals surface area (Å²) in [5, 5.41) is 27.1. The van der Waals surface area contributed by atoms with Gasteiger partial charge in [-0.25, -0.2) is 4.79 Å². The van der Waals surface area contributed by atoms with Crippen LogP contribution in [0.3, 0.4) is 0 Å². The van der Waals surface area contributed by atoms with Crippen LogP contribution in [0, 0.1) is 6.92 Å². The Morgan fingerprint density at radius 1 is 1.17 bits per heavy atom. The van der Waals surface area contributed by atoms with Crippen LogP contribution >= 0.6 is 0 Å². The molecule has 0 saturated heterocycles. The quantitative estimate of drug-likeness (QED) is 0.336. The molecule has 3 N–H and O–H groups in total. The lowest BCUT2D eigenvalue weighted by atomic mass is 10.0. The van der Waals surface area contributed by atoms with E-state index in [0.29, 0.717) is 6.07 Å². The number of azo groups is 1. The van der Waals surface area contributed by atoms with Crippen LogP contribution in [-0.4, -0.2) is 39.5 Å². The average Bonchev–Trinajstić information content (AvgIpc) is 2.67. The Labute approximate surface area is 171 Å². The highest BCUT2D eigenvalue weighted by atomic mass is 32.2. The predicted molar refractivity (Wildman–Crippen MR) is 105 cm³/mol. The number of aromatic carboxylic acids is 1. The summed E-state index contributed by atoms with van der Waals surface area (Å²) >= 11 is 0. The lowest BCUT2D eigenvalue weighted by Crippen LogP contribution is -2.22. The molecule has 30 heavy (non-hydrogen) atoms. The maximum atomic E-state index is 12.6. The number of carboxylic acids is 1. The van der Waals surface area contributed by atoms with Gasteiger partial charge < -0.3 is 10.2 Å². The van der Waals surface area contributed by atoms with Gasteiger partial charge >= 0.3 is 5.97 Å². The van der Waals surface area contributed by atoms with Crippen molar-refractivity contribution < 1.29 is 32.8 Å². The van der Waals surface area contributed by atoms with Crippen molar-refractivity contribution in [1.29, 1.82) is 0 Å². The van der Waals surface area contributed by atoms with Gasteiger partial charge in [-0.2, -0.15) is 8.42 Å². The molecule has 0 aliphatic heterocycles. The van der Waals surface area contributed by atoms with E-state index in [1.165, 1.54) is 6.92 Å². The van der Waals surface area contributed by atoms with Gasteiger partial charge in [-0.15, -0.1) is 10.2 Å². The van der Waals surface area contributed by atoms with E-state index in [1.807, 2.05) is 0 Å². The zero-order valence-electron chi connectivity index (χ0n) is 16.3. The Morgan fingerprint density at radius 2 is 1.80 bits per heavy atom. The summed E-state index contributed by atoms with van der Waals surface area (Å²) in [7, 11) is -4.64. The number of carbonyl (C=O) groups is 2. The molecule has 0 saturated carbocycles. The first-order valence-electron chi connectivity index (χ1n) is 8.70. The average molecular weight is 437 g/mol. The smallest absolute Gasteiger partial charge is 0.338 e. The first-order chi connectivity index (χ1) is 13.9. The maximum Gasteiger partial charge on any atom is 0.338 e. The largest absolute Gasteiger partial charge is 0.494 e. The summed E-state index contributed by atoms with van der Waals surface area (Å²) in [6, 6.07) is 2.63. The molecule has 2 aromatic rings. The van der Waals surface area contributed by atoms with E-state index in [9.17, 15) is 33.0 Å².